The Labute approximate surface area is 96.0 Å². The molecule has 2 atom stereocenters. The summed E-state index contributed by atoms with van der Waals surface area (Å²) in [7, 11) is 0. The lowest BCUT2D eigenvalue weighted by Gasteiger charge is -2.22. The molecular weight excluding hydrogens is 182 g/mol. The van der Waals surface area contributed by atoms with Gasteiger partial charge in [0.1, 0.15) is 0 Å². The summed E-state index contributed by atoms with van der Waals surface area (Å²) in [6, 6.07) is 0.816. The summed E-state index contributed by atoms with van der Waals surface area (Å²) in [6.45, 7) is 8.19. The van der Waals surface area contributed by atoms with Crippen molar-refractivity contribution in [1.29, 1.82) is 0 Å². The van der Waals surface area contributed by atoms with Gasteiger partial charge in [-0.25, -0.2) is 0 Å². The largest absolute Gasteiger partial charge is 0.314 e. The van der Waals surface area contributed by atoms with E-state index in [9.17, 15) is 0 Å². The van der Waals surface area contributed by atoms with Crippen LogP contribution in [0.2, 0.25) is 0 Å². The molecule has 1 N–H and O–H groups in total. The third kappa shape index (κ3) is 5.55. The van der Waals surface area contributed by atoms with Crippen LogP contribution in [0, 0.1) is 11.8 Å². The first-order chi connectivity index (χ1) is 7.22. The molecule has 1 nitrogen and oxygen atoms in total. The summed E-state index contributed by atoms with van der Waals surface area (Å²) in [5.74, 6) is 1.86. The predicted molar refractivity (Wildman–Crippen MR) is 68.1 cm³/mol. The Morgan fingerprint density at radius 3 is 2.60 bits per heavy atom. The summed E-state index contributed by atoms with van der Waals surface area (Å²) in [6.07, 6.45) is 9.92. The van der Waals surface area contributed by atoms with Crippen LogP contribution >= 0.6 is 0 Å². The molecular formula is C14H29N. The first-order valence-electron chi connectivity index (χ1n) is 6.95. The zero-order valence-electron chi connectivity index (χ0n) is 10.9. The van der Waals surface area contributed by atoms with Crippen molar-refractivity contribution < 1.29 is 0 Å². The van der Waals surface area contributed by atoms with Gasteiger partial charge < -0.3 is 5.32 Å². The molecule has 0 radical (unpaired) electrons. The topological polar surface area (TPSA) is 12.0 Å². The maximum atomic E-state index is 3.71. The molecule has 0 aromatic rings. The van der Waals surface area contributed by atoms with Crippen molar-refractivity contribution in [3.8, 4) is 0 Å². The lowest BCUT2D eigenvalue weighted by molar-refractivity contribution is 0.333. The van der Waals surface area contributed by atoms with E-state index in [4.69, 9.17) is 0 Å². The number of rotatable bonds is 5. The van der Waals surface area contributed by atoms with Gasteiger partial charge in [-0.2, -0.15) is 0 Å². The molecule has 0 aromatic heterocycles. The van der Waals surface area contributed by atoms with Crippen LogP contribution in [-0.2, 0) is 0 Å². The highest BCUT2D eigenvalue weighted by Gasteiger charge is 2.20. The summed E-state index contributed by atoms with van der Waals surface area (Å²) in [4.78, 5) is 0. The Balaban J connectivity index is 2.31. The second-order valence-electron chi connectivity index (χ2n) is 5.67. The van der Waals surface area contributed by atoms with E-state index in [0.29, 0.717) is 0 Å². The van der Waals surface area contributed by atoms with Gasteiger partial charge in [-0.05, 0) is 44.1 Å². The molecule has 1 heteroatoms. The Morgan fingerprint density at radius 2 is 1.93 bits per heavy atom. The first-order valence-corrected chi connectivity index (χ1v) is 6.95. The fraction of sp³-hybridized carbons (Fsp3) is 1.00. The van der Waals surface area contributed by atoms with E-state index in [-0.39, 0.29) is 0 Å². The lowest BCUT2D eigenvalue weighted by atomic mass is 9.89. The van der Waals surface area contributed by atoms with Crippen LogP contribution in [0.4, 0.5) is 0 Å². The van der Waals surface area contributed by atoms with Crippen molar-refractivity contribution in [1.82, 2.24) is 5.32 Å². The van der Waals surface area contributed by atoms with Crippen LogP contribution < -0.4 is 5.32 Å². The van der Waals surface area contributed by atoms with Crippen molar-refractivity contribution in [2.24, 2.45) is 11.8 Å². The minimum atomic E-state index is 0.816. The van der Waals surface area contributed by atoms with Crippen LogP contribution in [-0.4, -0.2) is 12.6 Å². The van der Waals surface area contributed by atoms with Gasteiger partial charge in [0, 0.05) is 6.04 Å². The molecule has 15 heavy (non-hydrogen) atoms. The molecule has 0 aromatic carbocycles. The summed E-state index contributed by atoms with van der Waals surface area (Å²) >= 11 is 0. The monoisotopic (exact) mass is 211 g/mol. The number of nitrogens with one attached hydrogen (secondary N) is 1. The van der Waals surface area contributed by atoms with Crippen LogP contribution in [0.15, 0.2) is 0 Å². The van der Waals surface area contributed by atoms with Gasteiger partial charge in [-0.1, -0.05) is 40.0 Å². The van der Waals surface area contributed by atoms with E-state index < -0.39 is 0 Å². The average molecular weight is 211 g/mol. The molecule has 1 rings (SSSR count). The molecule has 90 valence electrons. The molecule has 1 fully saturated rings. The highest BCUT2D eigenvalue weighted by molar-refractivity contribution is 4.76. The fourth-order valence-corrected chi connectivity index (χ4v) is 2.88. The van der Waals surface area contributed by atoms with Crippen molar-refractivity contribution in [3.05, 3.63) is 0 Å². The van der Waals surface area contributed by atoms with Gasteiger partial charge >= 0.3 is 0 Å². The first kappa shape index (κ1) is 13.0. The lowest BCUT2D eigenvalue weighted by Crippen LogP contribution is -2.31. The zero-order chi connectivity index (χ0) is 11.1. The van der Waals surface area contributed by atoms with Gasteiger partial charge in [-0.3, -0.25) is 0 Å². The van der Waals surface area contributed by atoms with Crippen molar-refractivity contribution >= 4 is 0 Å². The van der Waals surface area contributed by atoms with E-state index in [1.165, 1.54) is 51.5 Å². The van der Waals surface area contributed by atoms with Gasteiger partial charge in [0.25, 0.3) is 0 Å². The molecule has 0 saturated heterocycles. The van der Waals surface area contributed by atoms with Gasteiger partial charge in [0.2, 0.25) is 0 Å². The van der Waals surface area contributed by atoms with Crippen molar-refractivity contribution in [2.45, 2.75) is 71.8 Å². The van der Waals surface area contributed by atoms with Gasteiger partial charge in [-0.15, -0.1) is 0 Å². The summed E-state index contributed by atoms with van der Waals surface area (Å²) < 4.78 is 0. The molecule has 1 aliphatic rings. The third-order valence-electron chi connectivity index (χ3n) is 3.52. The van der Waals surface area contributed by atoms with Crippen LogP contribution in [0.5, 0.6) is 0 Å². The number of hydrogen-bond donors (Lipinski definition) is 1. The number of hydrogen-bond acceptors (Lipinski definition) is 1. The van der Waals surface area contributed by atoms with Crippen molar-refractivity contribution in [3.63, 3.8) is 0 Å². The predicted octanol–water partition coefficient (Wildman–Crippen LogP) is 3.98. The molecule has 0 heterocycles. The Morgan fingerprint density at radius 1 is 1.20 bits per heavy atom. The maximum absolute atomic E-state index is 3.71. The fourth-order valence-electron chi connectivity index (χ4n) is 2.88. The minimum Gasteiger partial charge on any atom is -0.314 e. The molecule has 2 unspecified atom stereocenters. The minimum absolute atomic E-state index is 0.816. The summed E-state index contributed by atoms with van der Waals surface area (Å²) in [5, 5.41) is 3.71. The van der Waals surface area contributed by atoms with Gasteiger partial charge in [0.15, 0.2) is 0 Å². The maximum Gasteiger partial charge on any atom is 0.00697 e. The van der Waals surface area contributed by atoms with E-state index in [1.807, 2.05) is 0 Å². The normalized spacial score (nSPS) is 28.0. The van der Waals surface area contributed by atoms with E-state index in [2.05, 4.69) is 26.1 Å². The standard InChI is InChI=1S/C14H29N/c1-4-9-15-14-8-6-5-7-13(11-14)10-12(2)3/h12-15H,4-11H2,1-3H3. The molecule has 0 spiro atoms. The highest BCUT2D eigenvalue weighted by Crippen LogP contribution is 2.28. The van der Waals surface area contributed by atoms with Crippen LogP contribution in [0.1, 0.15) is 65.7 Å². The second-order valence-corrected chi connectivity index (χ2v) is 5.67. The molecule has 0 aliphatic heterocycles. The molecule has 0 amide bonds. The molecule has 0 bridgehead atoms. The molecule has 1 aliphatic carbocycles. The van der Waals surface area contributed by atoms with Crippen LogP contribution in [0.3, 0.4) is 0 Å². The van der Waals surface area contributed by atoms with Gasteiger partial charge in [0.05, 0.1) is 0 Å². The third-order valence-corrected chi connectivity index (χ3v) is 3.52. The zero-order valence-corrected chi connectivity index (χ0v) is 10.9. The quantitative estimate of drug-likeness (QED) is 0.678. The Hall–Kier alpha value is -0.0400. The summed E-state index contributed by atoms with van der Waals surface area (Å²) in [5.41, 5.74) is 0. The Kier molecular flexibility index (Phi) is 6.31. The second kappa shape index (κ2) is 7.27. The van der Waals surface area contributed by atoms with E-state index >= 15 is 0 Å². The molecule has 1 saturated carbocycles. The van der Waals surface area contributed by atoms with E-state index in [1.54, 1.807) is 0 Å². The van der Waals surface area contributed by atoms with Crippen LogP contribution in [0.25, 0.3) is 0 Å². The average Bonchev–Trinajstić information content (AvgIpc) is 2.39. The van der Waals surface area contributed by atoms with Crippen molar-refractivity contribution in [2.75, 3.05) is 6.54 Å². The Bertz CT molecular complexity index is 153. The van der Waals surface area contributed by atoms with E-state index in [0.717, 1.165) is 17.9 Å². The smallest absolute Gasteiger partial charge is 0.00697 e. The SMILES string of the molecule is CCCNC1CCCCC(CC(C)C)C1. The highest BCUT2D eigenvalue weighted by atomic mass is 14.9.